The molecule has 0 saturated heterocycles. The monoisotopic (exact) mass is 336 g/mol. The van der Waals surface area contributed by atoms with Crippen molar-refractivity contribution in [2.75, 3.05) is 5.32 Å². The van der Waals surface area contributed by atoms with Gasteiger partial charge >= 0.3 is 11.8 Å². The summed E-state index contributed by atoms with van der Waals surface area (Å²) in [6.07, 6.45) is 0. The van der Waals surface area contributed by atoms with Crippen LogP contribution in [-0.2, 0) is 16.1 Å². The maximum atomic E-state index is 13.5. The van der Waals surface area contributed by atoms with E-state index in [9.17, 15) is 22.8 Å². The van der Waals surface area contributed by atoms with Crippen molar-refractivity contribution in [3.05, 3.63) is 64.5 Å². The number of carbonyl (C=O) groups is 2. The topological polar surface area (TPSA) is 58.2 Å². The van der Waals surface area contributed by atoms with E-state index < -0.39 is 35.0 Å². The maximum Gasteiger partial charge on any atom is 0.313 e. The summed E-state index contributed by atoms with van der Waals surface area (Å²) in [5, 5.41) is 4.29. The molecule has 2 aromatic rings. The minimum atomic E-state index is -1.72. The highest BCUT2D eigenvalue weighted by Crippen LogP contribution is 2.19. The second-order valence-corrected chi connectivity index (χ2v) is 5.29. The SMILES string of the molecule is Cc1ccc(CNC(=O)C(=O)Nc2ccc(F)c(F)c2F)c(C)c1. The van der Waals surface area contributed by atoms with Crippen LogP contribution in [0.1, 0.15) is 16.7 Å². The van der Waals surface area contributed by atoms with Gasteiger partial charge in [-0.25, -0.2) is 13.2 Å². The zero-order valence-electron chi connectivity index (χ0n) is 13.0. The Morgan fingerprint density at radius 1 is 0.958 bits per heavy atom. The van der Waals surface area contributed by atoms with Gasteiger partial charge in [-0.3, -0.25) is 9.59 Å². The van der Waals surface area contributed by atoms with Crippen molar-refractivity contribution < 1.29 is 22.8 Å². The third-order valence-corrected chi connectivity index (χ3v) is 3.43. The lowest BCUT2D eigenvalue weighted by molar-refractivity contribution is -0.136. The van der Waals surface area contributed by atoms with Gasteiger partial charge in [0.2, 0.25) is 0 Å². The summed E-state index contributed by atoms with van der Waals surface area (Å²) < 4.78 is 39.4. The molecule has 4 nitrogen and oxygen atoms in total. The van der Waals surface area contributed by atoms with Crippen molar-refractivity contribution in [2.45, 2.75) is 20.4 Å². The number of hydrogen-bond acceptors (Lipinski definition) is 2. The molecule has 0 radical (unpaired) electrons. The van der Waals surface area contributed by atoms with E-state index in [-0.39, 0.29) is 6.54 Å². The molecule has 0 heterocycles. The van der Waals surface area contributed by atoms with Crippen molar-refractivity contribution in [2.24, 2.45) is 0 Å². The summed E-state index contributed by atoms with van der Waals surface area (Å²) >= 11 is 0. The van der Waals surface area contributed by atoms with Gasteiger partial charge in [-0.05, 0) is 37.1 Å². The van der Waals surface area contributed by atoms with Gasteiger partial charge in [0.15, 0.2) is 17.5 Å². The summed E-state index contributed by atoms with van der Waals surface area (Å²) in [6, 6.07) is 7.10. The molecule has 0 unspecified atom stereocenters. The summed E-state index contributed by atoms with van der Waals surface area (Å²) in [4.78, 5) is 23.5. The first kappa shape index (κ1) is 17.5. The number of carbonyl (C=O) groups excluding carboxylic acids is 2. The highest BCUT2D eigenvalue weighted by molar-refractivity contribution is 6.39. The standard InChI is InChI=1S/C17H15F3N2O2/c1-9-3-4-11(10(2)7-9)8-21-16(23)17(24)22-13-6-5-12(18)14(19)15(13)20/h3-7H,8H2,1-2H3,(H,21,23)(H,22,24). The van der Waals surface area contributed by atoms with E-state index in [0.717, 1.165) is 22.8 Å². The lowest BCUT2D eigenvalue weighted by atomic mass is 10.1. The summed E-state index contributed by atoms with van der Waals surface area (Å²) in [5.74, 6) is -6.86. The second-order valence-electron chi connectivity index (χ2n) is 5.29. The van der Waals surface area contributed by atoms with E-state index in [1.807, 2.05) is 37.4 Å². The van der Waals surface area contributed by atoms with E-state index >= 15 is 0 Å². The molecule has 0 aromatic heterocycles. The highest BCUT2D eigenvalue weighted by Gasteiger charge is 2.19. The number of anilines is 1. The first-order valence-corrected chi connectivity index (χ1v) is 7.08. The molecule has 2 rings (SSSR count). The van der Waals surface area contributed by atoms with Gasteiger partial charge in [-0.1, -0.05) is 23.8 Å². The van der Waals surface area contributed by atoms with Crippen LogP contribution in [0.15, 0.2) is 30.3 Å². The Hall–Kier alpha value is -2.83. The fourth-order valence-corrected chi connectivity index (χ4v) is 2.10. The first-order chi connectivity index (χ1) is 11.3. The third-order valence-electron chi connectivity index (χ3n) is 3.43. The van der Waals surface area contributed by atoms with Crippen molar-refractivity contribution in [1.29, 1.82) is 0 Å². The van der Waals surface area contributed by atoms with Gasteiger partial charge in [0.25, 0.3) is 0 Å². The molecule has 2 aromatic carbocycles. The molecule has 7 heteroatoms. The highest BCUT2D eigenvalue weighted by atomic mass is 19.2. The average molecular weight is 336 g/mol. The summed E-state index contributed by atoms with van der Waals surface area (Å²) in [6.45, 7) is 3.91. The molecule has 0 aliphatic carbocycles. The smallest absolute Gasteiger partial charge is 0.313 e. The van der Waals surface area contributed by atoms with Gasteiger partial charge in [0.05, 0.1) is 5.69 Å². The van der Waals surface area contributed by atoms with Crippen LogP contribution in [0.25, 0.3) is 0 Å². The predicted octanol–water partition coefficient (Wildman–Crippen LogP) is 2.98. The van der Waals surface area contributed by atoms with Crippen LogP contribution in [-0.4, -0.2) is 11.8 Å². The minimum absolute atomic E-state index is 0.110. The molecule has 2 amide bonds. The van der Waals surface area contributed by atoms with E-state index in [1.54, 1.807) is 0 Å². The van der Waals surface area contributed by atoms with Gasteiger partial charge in [0.1, 0.15) is 0 Å². The Morgan fingerprint density at radius 2 is 1.67 bits per heavy atom. The minimum Gasteiger partial charge on any atom is -0.344 e. The maximum absolute atomic E-state index is 13.5. The van der Waals surface area contributed by atoms with E-state index in [0.29, 0.717) is 6.07 Å². The predicted molar refractivity (Wildman–Crippen MR) is 82.7 cm³/mol. The normalized spacial score (nSPS) is 10.4. The quantitative estimate of drug-likeness (QED) is 0.669. The van der Waals surface area contributed by atoms with E-state index in [1.165, 1.54) is 0 Å². The molecule has 0 bridgehead atoms. The number of aryl methyl sites for hydroxylation is 2. The fraction of sp³-hybridized carbons (Fsp3) is 0.176. The molecule has 0 saturated carbocycles. The van der Waals surface area contributed by atoms with Crippen molar-refractivity contribution in [1.82, 2.24) is 5.32 Å². The van der Waals surface area contributed by atoms with Crippen LogP contribution in [0, 0.1) is 31.3 Å². The van der Waals surface area contributed by atoms with Gasteiger partial charge < -0.3 is 10.6 Å². The average Bonchev–Trinajstić information content (AvgIpc) is 2.54. The van der Waals surface area contributed by atoms with E-state index in [4.69, 9.17) is 0 Å². The van der Waals surface area contributed by atoms with Crippen molar-refractivity contribution in [3.63, 3.8) is 0 Å². The Morgan fingerprint density at radius 3 is 2.33 bits per heavy atom. The number of halogens is 3. The van der Waals surface area contributed by atoms with Crippen LogP contribution in [0.4, 0.5) is 18.9 Å². The molecular formula is C17H15F3N2O2. The van der Waals surface area contributed by atoms with Gasteiger partial charge in [-0.2, -0.15) is 0 Å². The zero-order chi connectivity index (χ0) is 17.9. The number of benzene rings is 2. The Labute approximate surface area is 136 Å². The second kappa shape index (κ2) is 7.16. The van der Waals surface area contributed by atoms with Gasteiger partial charge in [-0.15, -0.1) is 0 Å². The fourth-order valence-electron chi connectivity index (χ4n) is 2.10. The number of rotatable bonds is 3. The molecule has 0 atom stereocenters. The summed E-state index contributed by atoms with van der Waals surface area (Å²) in [7, 11) is 0. The number of nitrogens with one attached hydrogen (secondary N) is 2. The molecule has 0 aliphatic heterocycles. The Bertz CT molecular complexity index is 807. The number of amides is 2. The van der Waals surface area contributed by atoms with Crippen molar-refractivity contribution in [3.8, 4) is 0 Å². The first-order valence-electron chi connectivity index (χ1n) is 7.08. The van der Waals surface area contributed by atoms with Crippen LogP contribution < -0.4 is 10.6 Å². The van der Waals surface area contributed by atoms with Crippen LogP contribution in [0.5, 0.6) is 0 Å². The lowest BCUT2D eigenvalue weighted by Gasteiger charge is -2.10. The lowest BCUT2D eigenvalue weighted by Crippen LogP contribution is -2.35. The third kappa shape index (κ3) is 3.92. The molecule has 0 spiro atoms. The molecule has 126 valence electrons. The molecule has 2 N–H and O–H groups in total. The molecule has 24 heavy (non-hydrogen) atoms. The Kier molecular flexibility index (Phi) is 5.23. The largest absolute Gasteiger partial charge is 0.344 e. The van der Waals surface area contributed by atoms with Crippen molar-refractivity contribution >= 4 is 17.5 Å². The molecule has 0 fully saturated rings. The van der Waals surface area contributed by atoms with E-state index in [2.05, 4.69) is 5.32 Å². The Balaban J connectivity index is 2.00. The van der Waals surface area contributed by atoms with Gasteiger partial charge in [0, 0.05) is 6.54 Å². The summed E-state index contributed by atoms with van der Waals surface area (Å²) in [5.41, 5.74) is 2.22. The molecule has 0 aliphatic rings. The van der Waals surface area contributed by atoms with Crippen LogP contribution in [0.3, 0.4) is 0 Å². The van der Waals surface area contributed by atoms with Crippen LogP contribution >= 0.6 is 0 Å². The molecular weight excluding hydrogens is 321 g/mol. The van der Waals surface area contributed by atoms with Crippen LogP contribution in [0.2, 0.25) is 0 Å². The zero-order valence-corrected chi connectivity index (χ0v) is 13.0. The number of hydrogen-bond donors (Lipinski definition) is 2.